The van der Waals surface area contributed by atoms with Crippen molar-refractivity contribution in [3.63, 3.8) is 0 Å². The summed E-state index contributed by atoms with van der Waals surface area (Å²) in [7, 11) is -3.19. The maximum absolute atomic E-state index is 11.5. The quantitative estimate of drug-likeness (QED) is 0.721. The van der Waals surface area contributed by atoms with Crippen LogP contribution in [0.25, 0.3) is 21.9 Å². The van der Waals surface area contributed by atoms with Gasteiger partial charge in [0.1, 0.15) is 5.75 Å². The van der Waals surface area contributed by atoms with E-state index >= 15 is 0 Å². The second-order valence-electron chi connectivity index (χ2n) is 5.13. The van der Waals surface area contributed by atoms with Crippen molar-refractivity contribution in [2.24, 2.45) is 0 Å². The van der Waals surface area contributed by atoms with Gasteiger partial charge in [-0.2, -0.15) is 0 Å². The Labute approximate surface area is 137 Å². The number of benzene rings is 3. The normalized spacial score (nSPS) is 11.7. The first-order chi connectivity index (χ1) is 10.4. The molecule has 0 aliphatic carbocycles. The van der Waals surface area contributed by atoms with Crippen molar-refractivity contribution in [3.8, 4) is 16.9 Å². The van der Waals surface area contributed by atoms with E-state index < -0.39 is 9.84 Å². The number of sulfone groups is 1. The Morgan fingerprint density at radius 1 is 0.955 bits per heavy atom. The van der Waals surface area contributed by atoms with Crippen LogP contribution >= 0.6 is 15.9 Å². The Morgan fingerprint density at radius 3 is 2.27 bits per heavy atom. The molecule has 0 amide bonds. The number of rotatable bonds is 2. The van der Waals surface area contributed by atoms with Gasteiger partial charge in [-0.05, 0) is 68.2 Å². The molecule has 0 fully saturated rings. The van der Waals surface area contributed by atoms with E-state index in [2.05, 4.69) is 15.9 Å². The van der Waals surface area contributed by atoms with Crippen molar-refractivity contribution >= 4 is 36.5 Å². The van der Waals surface area contributed by atoms with Crippen LogP contribution in [-0.4, -0.2) is 19.8 Å². The monoisotopic (exact) mass is 376 g/mol. The molecule has 0 atom stereocenters. The number of fused-ring (bicyclic) bond motifs is 1. The highest BCUT2D eigenvalue weighted by Gasteiger charge is 2.10. The molecule has 22 heavy (non-hydrogen) atoms. The van der Waals surface area contributed by atoms with Gasteiger partial charge in [-0.25, -0.2) is 8.42 Å². The van der Waals surface area contributed by atoms with E-state index in [4.69, 9.17) is 0 Å². The third-order valence-electron chi connectivity index (χ3n) is 3.53. The molecule has 0 aliphatic rings. The molecular weight excluding hydrogens is 364 g/mol. The topological polar surface area (TPSA) is 54.4 Å². The molecule has 0 aliphatic heterocycles. The van der Waals surface area contributed by atoms with Crippen molar-refractivity contribution < 1.29 is 13.5 Å². The fourth-order valence-corrected chi connectivity index (χ4v) is 3.74. The summed E-state index contributed by atoms with van der Waals surface area (Å²) in [6, 6.07) is 15.9. The maximum atomic E-state index is 11.5. The third-order valence-corrected chi connectivity index (χ3v) is 5.51. The first-order valence-electron chi connectivity index (χ1n) is 6.58. The molecule has 0 saturated heterocycles. The van der Waals surface area contributed by atoms with Gasteiger partial charge >= 0.3 is 0 Å². The van der Waals surface area contributed by atoms with Crippen LogP contribution in [0.5, 0.6) is 5.75 Å². The largest absolute Gasteiger partial charge is 0.508 e. The van der Waals surface area contributed by atoms with Crippen LogP contribution in [0.3, 0.4) is 0 Å². The summed E-state index contributed by atoms with van der Waals surface area (Å²) in [5, 5.41) is 11.5. The summed E-state index contributed by atoms with van der Waals surface area (Å²) in [6.07, 6.45) is 1.19. The minimum atomic E-state index is -3.19. The van der Waals surface area contributed by atoms with Crippen LogP contribution in [-0.2, 0) is 9.84 Å². The molecule has 3 nitrogen and oxygen atoms in total. The standard InChI is InChI=1S/C17H13BrO3S/c1-22(20,21)14-6-2-11(3-7-14)15-8-4-12-10-13(19)5-9-16(12)17(15)18/h2-10,19H,1H3. The van der Waals surface area contributed by atoms with Crippen LogP contribution in [0.4, 0.5) is 0 Å². The average Bonchev–Trinajstić information content (AvgIpc) is 2.47. The number of phenols is 1. The maximum Gasteiger partial charge on any atom is 0.175 e. The molecule has 3 rings (SSSR count). The number of hydrogen-bond acceptors (Lipinski definition) is 3. The minimum Gasteiger partial charge on any atom is -0.508 e. The minimum absolute atomic E-state index is 0.227. The van der Waals surface area contributed by atoms with Gasteiger partial charge in [0.15, 0.2) is 9.84 Å². The van der Waals surface area contributed by atoms with Gasteiger partial charge in [-0.1, -0.05) is 24.3 Å². The summed E-state index contributed by atoms with van der Waals surface area (Å²) in [5.74, 6) is 0.227. The molecule has 0 heterocycles. The summed E-state index contributed by atoms with van der Waals surface area (Å²) >= 11 is 3.60. The third kappa shape index (κ3) is 2.74. The summed E-state index contributed by atoms with van der Waals surface area (Å²) in [5.41, 5.74) is 1.90. The molecule has 3 aromatic rings. The van der Waals surface area contributed by atoms with E-state index in [1.165, 1.54) is 6.26 Å². The van der Waals surface area contributed by atoms with Crippen LogP contribution < -0.4 is 0 Å². The van der Waals surface area contributed by atoms with E-state index in [9.17, 15) is 13.5 Å². The molecule has 0 radical (unpaired) electrons. The van der Waals surface area contributed by atoms with Gasteiger partial charge in [-0.3, -0.25) is 0 Å². The number of aromatic hydroxyl groups is 1. The van der Waals surface area contributed by atoms with E-state index in [0.717, 1.165) is 26.4 Å². The zero-order chi connectivity index (χ0) is 15.9. The van der Waals surface area contributed by atoms with Gasteiger partial charge in [0.2, 0.25) is 0 Å². The lowest BCUT2D eigenvalue weighted by atomic mass is 10.0. The molecule has 0 bridgehead atoms. The Morgan fingerprint density at radius 2 is 1.64 bits per heavy atom. The zero-order valence-electron chi connectivity index (χ0n) is 11.7. The molecular formula is C17H13BrO3S. The zero-order valence-corrected chi connectivity index (χ0v) is 14.1. The highest BCUT2D eigenvalue weighted by atomic mass is 79.9. The van der Waals surface area contributed by atoms with Gasteiger partial charge in [0, 0.05) is 10.7 Å². The second-order valence-corrected chi connectivity index (χ2v) is 7.94. The first kappa shape index (κ1) is 15.1. The second kappa shape index (κ2) is 5.41. The van der Waals surface area contributed by atoms with E-state index in [1.54, 1.807) is 36.4 Å². The highest BCUT2D eigenvalue weighted by Crippen LogP contribution is 2.36. The summed E-state index contributed by atoms with van der Waals surface area (Å²) < 4.78 is 24.0. The molecule has 0 spiro atoms. The lowest BCUT2D eigenvalue weighted by Gasteiger charge is -2.09. The molecule has 0 unspecified atom stereocenters. The van der Waals surface area contributed by atoms with Gasteiger partial charge < -0.3 is 5.11 Å². The predicted octanol–water partition coefficient (Wildman–Crippen LogP) is 4.38. The van der Waals surface area contributed by atoms with E-state index in [0.29, 0.717) is 4.90 Å². The summed E-state index contributed by atoms with van der Waals surface area (Å²) in [6.45, 7) is 0. The number of halogens is 1. The molecule has 0 saturated carbocycles. The van der Waals surface area contributed by atoms with Crippen LogP contribution in [0.1, 0.15) is 0 Å². The van der Waals surface area contributed by atoms with Gasteiger partial charge in [0.05, 0.1) is 4.90 Å². The smallest absolute Gasteiger partial charge is 0.175 e. The predicted molar refractivity (Wildman–Crippen MR) is 91.9 cm³/mol. The number of phenolic OH excluding ortho intramolecular Hbond substituents is 1. The van der Waals surface area contributed by atoms with Crippen LogP contribution in [0.15, 0.2) is 64.0 Å². The molecule has 1 N–H and O–H groups in total. The highest BCUT2D eigenvalue weighted by molar-refractivity contribution is 9.10. The Balaban J connectivity index is 2.14. The molecule has 3 aromatic carbocycles. The Kier molecular flexibility index (Phi) is 3.70. The Bertz CT molecular complexity index is 961. The van der Waals surface area contributed by atoms with Crippen LogP contribution in [0.2, 0.25) is 0 Å². The Hall–Kier alpha value is -1.85. The first-order valence-corrected chi connectivity index (χ1v) is 9.26. The fourth-order valence-electron chi connectivity index (χ4n) is 2.38. The van der Waals surface area contributed by atoms with E-state index in [1.807, 2.05) is 18.2 Å². The SMILES string of the molecule is CS(=O)(=O)c1ccc(-c2ccc3cc(O)ccc3c2Br)cc1. The molecule has 0 aromatic heterocycles. The molecule has 5 heteroatoms. The molecule has 112 valence electrons. The lowest BCUT2D eigenvalue weighted by Crippen LogP contribution is -1.96. The van der Waals surface area contributed by atoms with Crippen molar-refractivity contribution in [3.05, 3.63) is 59.1 Å². The van der Waals surface area contributed by atoms with Crippen molar-refractivity contribution in [2.75, 3.05) is 6.26 Å². The average molecular weight is 377 g/mol. The van der Waals surface area contributed by atoms with Gasteiger partial charge in [0.25, 0.3) is 0 Å². The van der Waals surface area contributed by atoms with Crippen molar-refractivity contribution in [1.29, 1.82) is 0 Å². The van der Waals surface area contributed by atoms with Crippen molar-refractivity contribution in [2.45, 2.75) is 4.90 Å². The van der Waals surface area contributed by atoms with E-state index in [-0.39, 0.29) is 5.75 Å². The van der Waals surface area contributed by atoms with Crippen LogP contribution in [0, 0.1) is 0 Å². The number of hydrogen-bond donors (Lipinski definition) is 1. The fraction of sp³-hybridized carbons (Fsp3) is 0.0588. The van der Waals surface area contributed by atoms with Crippen molar-refractivity contribution in [1.82, 2.24) is 0 Å². The lowest BCUT2D eigenvalue weighted by molar-refractivity contribution is 0.476. The summed E-state index contributed by atoms with van der Waals surface area (Å²) in [4.78, 5) is 0.304. The van der Waals surface area contributed by atoms with Gasteiger partial charge in [-0.15, -0.1) is 0 Å².